The van der Waals surface area contributed by atoms with Crippen LogP contribution in [0.5, 0.6) is 0 Å². The zero-order valence-electron chi connectivity index (χ0n) is 16.1. The molecule has 1 amide bonds. The molecule has 0 saturated carbocycles. The first-order chi connectivity index (χ1) is 13.7. The predicted molar refractivity (Wildman–Crippen MR) is 112 cm³/mol. The van der Waals surface area contributed by atoms with E-state index in [1.54, 1.807) is 18.3 Å². The maximum Gasteiger partial charge on any atom is 0.276 e. The highest BCUT2D eigenvalue weighted by molar-refractivity contribution is 6.02. The molecular weight excluding hydrogens is 352 g/mol. The van der Waals surface area contributed by atoms with Crippen LogP contribution in [0.25, 0.3) is 0 Å². The van der Waals surface area contributed by atoms with Crippen LogP contribution >= 0.6 is 0 Å². The zero-order valence-corrected chi connectivity index (χ0v) is 16.1. The van der Waals surface area contributed by atoms with Crippen molar-refractivity contribution in [1.29, 1.82) is 0 Å². The number of hydrogen-bond donors (Lipinski definition) is 2. The summed E-state index contributed by atoms with van der Waals surface area (Å²) < 4.78 is 0. The number of carbonyl (C=O) groups excluding carboxylic acids is 1. The van der Waals surface area contributed by atoms with Gasteiger partial charge in [0.15, 0.2) is 5.69 Å². The highest BCUT2D eigenvalue weighted by Gasteiger charge is 2.09. The van der Waals surface area contributed by atoms with Crippen LogP contribution < -0.4 is 15.5 Å². The van der Waals surface area contributed by atoms with Gasteiger partial charge >= 0.3 is 0 Å². The molecule has 0 unspecified atom stereocenters. The van der Waals surface area contributed by atoms with Crippen molar-refractivity contribution in [3.05, 3.63) is 72.2 Å². The highest BCUT2D eigenvalue weighted by atomic mass is 16.1. The van der Waals surface area contributed by atoms with Crippen LogP contribution in [-0.4, -0.2) is 34.2 Å². The van der Waals surface area contributed by atoms with Crippen molar-refractivity contribution in [1.82, 2.24) is 15.2 Å². The molecule has 0 fully saturated rings. The summed E-state index contributed by atoms with van der Waals surface area (Å²) in [4.78, 5) is 18.9. The Bertz CT molecular complexity index is 877. The SMILES string of the molecule is CCN(CC)c1ccc(NC(=O)c2ccc(NCc3ccccn3)nn2)cc1. The van der Waals surface area contributed by atoms with E-state index in [1.165, 1.54) is 0 Å². The van der Waals surface area contributed by atoms with Gasteiger partial charge in [-0.3, -0.25) is 9.78 Å². The van der Waals surface area contributed by atoms with Crippen molar-refractivity contribution < 1.29 is 4.79 Å². The molecule has 0 spiro atoms. The molecule has 0 saturated heterocycles. The molecule has 0 aliphatic rings. The van der Waals surface area contributed by atoms with Gasteiger partial charge < -0.3 is 15.5 Å². The van der Waals surface area contributed by atoms with Crippen LogP contribution in [0.4, 0.5) is 17.2 Å². The molecule has 0 atom stereocenters. The Kier molecular flexibility index (Phi) is 6.51. The third-order valence-corrected chi connectivity index (χ3v) is 4.33. The first kappa shape index (κ1) is 19.3. The van der Waals surface area contributed by atoms with Gasteiger partial charge in [0.2, 0.25) is 0 Å². The van der Waals surface area contributed by atoms with E-state index in [0.29, 0.717) is 12.4 Å². The fourth-order valence-electron chi connectivity index (χ4n) is 2.77. The highest BCUT2D eigenvalue weighted by Crippen LogP contribution is 2.18. The number of benzene rings is 1. The molecule has 28 heavy (non-hydrogen) atoms. The van der Waals surface area contributed by atoms with Gasteiger partial charge in [0.25, 0.3) is 5.91 Å². The minimum absolute atomic E-state index is 0.260. The summed E-state index contributed by atoms with van der Waals surface area (Å²) in [6.45, 7) is 6.66. The number of amides is 1. The molecule has 7 heteroatoms. The number of hydrogen-bond acceptors (Lipinski definition) is 6. The normalized spacial score (nSPS) is 10.4. The Morgan fingerprint density at radius 2 is 1.75 bits per heavy atom. The Balaban J connectivity index is 1.57. The number of rotatable bonds is 8. The van der Waals surface area contributed by atoms with Crippen molar-refractivity contribution >= 4 is 23.1 Å². The van der Waals surface area contributed by atoms with Crippen LogP contribution in [0.3, 0.4) is 0 Å². The average Bonchev–Trinajstić information content (AvgIpc) is 2.75. The van der Waals surface area contributed by atoms with Gasteiger partial charge in [0, 0.05) is 30.7 Å². The lowest BCUT2D eigenvalue weighted by atomic mass is 10.2. The van der Waals surface area contributed by atoms with Gasteiger partial charge in [-0.15, -0.1) is 10.2 Å². The molecule has 3 aromatic rings. The Hall–Kier alpha value is -3.48. The van der Waals surface area contributed by atoms with Crippen LogP contribution in [0, 0.1) is 0 Å². The lowest BCUT2D eigenvalue weighted by Gasteiger charge is -2.21. The van der Waals surface area contributed by atoms with E-state index in [1.807, 2.05) is 42.5 Å². The van der Waals surface area contributed by atoms with Crippen LogP contribution in [-0.2, 0) is 6.54 Å². The van der Waals surface area contributed by atoms with Crippen LogP contribution in [0.15, 0.2) is 60.8 Å². The Labute approximate surface area is 164 Å². The first-order valence-electron chi connectivity index (χ1n) is 9.33. The summed E-state index contributed by atoms with van der Waals surface area (Å²) in [5, 5.41) is 14.0. The number of aromatic nitrogens is 3. The monoisotopic (exact) mass is 376 g/mol. The van der Waals surface area contributed by atoms with Crippen LogP contribution in [0.1, 0.15) is 30.0 Å². The Morgan fingerprint density at radius 1 is 0.964 bits per heavy atom. The molecular formula is C21H24N6O. The summed E-state index contributed by atoms with van der Waals surface area (Å²) in [7, 11) is 0. The van der Waals surface area contributed by atoms with E-state index < -0.39 is 0 Å². The van der Waals surface area contributed by atoms with E-state index in [2.05, 4.69) is 44.6 Å². The minimum Gasteiger partial charge on any atom is -0.372 e. The van der Waals surface area contributed by atoms with E-state index in [-0.39, 0.29) is 11.6 Å². The van der Waals surface area contributed by atoms with Crippen LogP contribution in [0.2, 0.25) is 0 Å². The van der Waals surface area contributed by atoms with Gasteiger partial charge in [-0.05, 0) is 62.4 Å². The van der Waals surface area contributed by atoms with Gasteiger partial charge in [-0.25, -0.2) is 0 Å². The van der Waals surface area contributed by atoms with E-state index >= 15 is 0 Å². The molecule has 7 nitrogen and oxygen atoms in total. The quantitative estimate of drug-likeness (QED) is 0.625. The molecule has 0 bridgehead atoms. The fourth-order valence-corrected chi connectivity index (χ4v) is 2.77. The maximum absolute atomic E-state index is 12.4. The number of pyridine rings is 1. The van der Waals surface area contributed by atoms with E-state index in [9.17, 15) is 4.79 Å². The summed E-state index contributed by atoms with van der Waals surface area (Å²) in [6, 6.07) is 16.9. The zero-order chi connectivity index (χ0) is 19.8. The molecule has 3 rings (SSSR count). The third-order valence-electron chi connectivity index (χ3n) is 4.33. The first-order valence-corrected chi connectivity index (χ1v) is 9.33. The molecule has 1 aromatic carbocycles. The topological polar surface area (TPSA) is 83.0 Å². The smallest absolute Gasteiger partial charge is 0.276 e. The number of carbonyl (C=O) groups is 1. The maximum atomic E-state index is 12.4. The molecule has 2 N–H and O–H groups in total. The van der Waals surface area contributed by atoms with Crippen molar-refractivity contribution in [2.24, 2.45) is 0 Å². The van der Waals surface area contributed by atoms with Crippen molar-refractivity contribution in [2.75, 3.05) is 28.6 Å². The average molecular weight is 376 g/mol. The second-order valence-corrected chi connectivity index (χ2v) is 6.15. The van der Waals surface area contributed by atoms with E-state index in [0.717, 1.165) is 30.2 Å². The van der Waals surface area contributed by atoms with Crippen molar-refractivity contribution in [3.8, 4) is 0 Å². The van der Waals surface area contributed by atoms with Crippen molar-refractivity contribution in [3.63, 3.8) is 0 Å². The third kappa shape index (κ3) is 5.03. The molecule has 144 valence electrons. The molecule has 0 aliphatic carbocycles. The van der Waals surface area contributed by atoms with E-state index in [4.69, 9.17) is 0 Å². The van der Waals surface area contributed by atoms with Gasteiger partial charge in [-0.1, -0.05) is 6.07 Å². The molecule has 2 heterocycles. The molecule has 0 aliphatic heterocycles. The largest absolute Gasteiger partial charge is 0.372 e. The van der Waals surface area contributed by atoms with Gasteiger partial charge in [0.05, 0.1) is 12.2 Å². The van der Waals surface area contributed by atoms with Gasteiger partial charge in [0.1, 0.15) is 5.82 Å². The fraction of sp³-hybridized carbons (Fsp3) is 0.238. The summed E-state index contributed by atoms with van der Waals surface area (Å²) in [6.07, 6.45) is 1.74. The lowest BCUT2D eigenvalue weighted by Crippen LogP contribution is -2.21. The number of nitrogens with one attached hydrogen (secondary N) is 2. The summed E-state index contributed by atoms with van der Waals surface area (Å²) in [5.41, 5.74) is 3.02. The summed E-state index contributed by atoms with van der Waals surface area (Å²) >= 11 is 0. The molecule has 2 aromatic heterocycles. The molecule has 0 radical (unpaired) electrons. The second kappa shape index (κ2) is 9.45. The van der Waals surface area contributed by atoms with Gasteiger partial charge in [-0.2, -0.15) is 0 Å². The van der Waals surface area contributed by atoms with Crippen molar-refractivity contribution in [2.45, 2.75) is 20.4 Å². The minimum atomic E-state index is -0.292. The number of anilines is 3. The Morgan fingerprint density at radius 3 is 2.36 bits per heavy atom. The lowest BCUT2D eigenvalue weighted by molar-refractivity contribution is 0.102. The number of nitrogens with zero attached hydrogens (tertiary/aromatic N) is 4. The predicted octanol–water partition coefficient (Wildman–Crippen LogP) is 3.58. The summed E-state index contributed by atoms with van der Waals surface area (Å²) in [5.74, 6) is 0.296. The second-order valence-electron chi connectivity index (χ2n) is 6.15. The standard InChI is InChI=1S/C21H24N6O/c1-3-27(4-2)18-10-8-16(9-11-18)24-21(28)19-12-13-20(26-25-19)23-15-17-7-5-6-14-22-17/h5-14H,3-4,15H2,1-2H3,(H,23,26)(H,24,28).